The Labute approximate surface area is 174 Å². The summed E-state index contributed by atoms with van der Waals surface area (Å²) in [6, 6.07) is 11.9. The number of aromatic nitrogens is 3. The summed E-state index contributed by atoms with van der Waals surface area (Å²) >= 11 is 0. The molecule has 154 valence electrons. The van der Waals surface area contributed by atoms with Crippen molar-refractivity contribution in [3.8, 4) is 11.3 Å². The van der Waals surface area contributed by atoms with Crippen LogP contribution in [0.2, 0.25) is 0 Å². The van der Waals surface area contributed by atoms with E-state index in [1.54, 1.807) is 10.5 Å². The maximum atomic E-state index is 12.9. The molecule has 1 fully saturated rings. The van der Waals surface area contributed by atoms with Crippen molar-refractivity contribution in [2.45, 2.75) is 25.8 Å². The van der Waals surface area contributed by atoms with Crippen molar-refractivity contribution in [1.82, 2.24) is 19.3 Å². The Balaban J connectivity index is 1.47. The van der Waals surface area contributed by atoms with Crippen molar-refractivity contribution in [1.29, 1.82) is 0 Å². The number of hydrogen-bond acceptors (Lipinski definition) is 6. The van der Waals surface area contributed by atoms with Gasteiger partial charge in [-0.1, -0.05) is 6.07 Å². The minimum Gasteiger partial charge on any atom is -0.441 e. The van der Waals surface area contributed by atoms with E-state index in [0.717, 1.165) is 42.7 Å². The number of anilines is 1. The summed E-state index contributed by atoms with van der Waals surface area (Å²) in [7, 11) is 4.28. The van der Waals surface area contributed by atoms with Gasteiger partial charge >= 0.3 is 0 Å². The Bertz CT molecular complexity index is 1280. The van der Waals surface area contributed by atoms with Crippen LogP contribution < -0.4 is 10.5 Å². The molecule has 0 radical (unpaired) electrons. The number of piperidine rings is 1. The third-order valence-electron chi connectivity index (χ3n) is 6.00. The molecule has 1 aliphatic rings. The van der Waals surface area contributed by atoms with Crippen molar-refractivity contribution >= 4 is 22.4 Å². The second kappa shape index (κ2) is 7.25. The van der Waals surface area contributed by atoms with Crippen LogP contribution in [0.1, 0.15) is 18.7 Å². The van der Waals surface area contributed by atoms with Crippen LogP contribution in [0.25, 0.3) is 28.0 Å². The number of oxazole rings is 1. The maximum Gasteiger partial charge on any atom is 0.258 e. The zero-order chi connectivity index (χ0) is 20.8. The zero-order valence-electron chi connectivity index (χ0n) is 17.5. The molecule has 1 aliphatic heterocycles. The Morgan fingerprint density at radius 2 is 1.87 bits per heavy atom. The molecule has 7 nitrogen and oxygen atoms in total. The lowest BCUT2D eigenvalue weighted by molar-refractivity contribution is 0.249. The zero-order valence-corrected chi connectivity index (χ0v) is 17.5. The standard InChI is InChI=1S/C23H25N5O2/c1-15-24-19-6-4-16(12-21(19)30-15)20-13-23(29)28-14-18(5-7-22(28)25-20)27-10-8-17(9-11-27)26(2)3/h4-7,12-14,17H,8-11H2,1-3H3. The molecule has 1 aromatic carbocycles. The van der Waals surface area contributed by atoms with Gasteiger partial charge in [0.05, 0.1) is 11.4 Å². The van der Waals surface area contributed by atoms with Gasteiger partial charge in [-0.3, -0.25) is 9.20 Å². The Morgan fingerprint density at radius 3 is 2.63 bits per heavy atom. The molecule has 3 aromatic heterocycles. The summed E-state index contributed by atoms with van der Waals surface area (Å²) in [5.74, 6) is 0.621. The van der Waals surface area contributed by atoms with Crippen molar-refractivity contribution < 1.29 is 4.42 Å². The number of rotatable bonds is 3. The topological polar surface area (TPSA) is 66.9 Å². The van der Waals surface area contributed by atoms with E-state index in [9.17, 15) is 4.79 Å². The fourth-order valence-electron chi connectivity index (χ4n) is 4.27. The molecule has 0 atom stereocenters. The van der Waals surface area contributed by atoms with E-state index in [2.05, 4.69) is 34.9 Å². The molecule has 0 aliphatic carbocycles. The third kappa shape index (κ3) is 3.35. The highest BCUT2D eigenvalue weighted by molar-refractivity contribution is 5.79. The van der Waals surface area contributed by atoms with Gasteiger partial charge in [-0.15, -0.1) is 0 Å². The van der Waals surface area contributed by atoms with Crippen molar-refractivity contribution in [2.24, 2.45) is 0 Å². The van der Waals surface area contributed by atoms with Crippen LogP contribution in [-0.4, -0.2) is 52.5 Å². The van der Waals surface area contributed by atoms with Crippen molar-refractivity contribution in [3.63, 3.8) is 0 Å². The molecule has 0 unspecified atom stereocenters. The van der Waals surface area contributed by atoms with Gasteiger partial charge in [-0.05, 0) is 51.2 Å². The molecule has 4 aromatic rings. The molecule has 0 bridgehead atoms. The van der Waals surface area contributed by atoms with Crippen LogP contribution in [-0.2, 0) is 0 Å². The molecule has 0 amide bonds. The average molecular weight is 403 g/mol. The van der Waals surface area contributed by atoms with Crippen LogP contribution in [0.5, 0.6) is 0 Å². The third-order valence-corrected chi connectivity index (χ3v) is 6.00. The monoisotopic (exact) mass is 403 g/mol. The smallest absolute Gasteiger partial charge is 0.258 e. The van der Waals surface area contributed by atoms with Gasteiger partial charge < -0.3 is 14.2 Å². The number of pyridine rings is 1. The Kier molecular flexibility index (Phi) is 4.55. The predicted octanol–water partition coefficient (Wildman–Crippen LogP) is 3.34. The first-order chi connectivity index (χ1) is 14.5. The lowest BCUT2D eigenvalue weighted by atomic mass is 10.0. The molecule has 0 saturated carbocycles. The number of nitrogens with zero attached hydrogens (tertiary/aromatic N) is 5. The van der Waals surface area contributed by atoms with E-state index in [4.69, 9.17) is 9.40 Å². The van der Waals surface area contributed by atoms with Crippen molar-refractivity contribution in [3.05, 3.63) is 58.8 Å². The number of fused-ring (bicyclic) bond motifs is 2. The van der Waals surface area contributed by atoms with E-state index in [0.29, 0.717) is 28.9 Å². The first kappa shape index (κ1) is 18.8. The molecule has 4 heterocycles. The van der Waals surface area contributed by atoms with E-state index >= 15 is 0 Å². The van der Waals surface area contributed by atoms with Gasteiger partial charge in [0.2, 0.25) is 0 Å². The van der Waals surface area contributed by atoms with Gasteiger partial charge in [0, 0.05) is 43.9 Å². The van der Waals surface area contributed by atoms with Crippen LogP contribution in [0, 0.1) is 6.92 Å². The molecule has 1 saturated heterocycles. The lowest BCUT2D eigenvalue weighted by Crippen LogP contribution is -2.42. The number of hydrogen-bond donors (Lipinski definition) is 0. The highest BCUT2D eigenvalue weighted by Crippen LogP contribution is 2.25. The van der Waals surface area contributed by atoms with Crippen LogP contribution in [0.3, 0.4) is 0 Å². The number of benzene rings is 1. The van der Waals surface area contributed by atoms with E-state index < -0.39 is 0 Å². The summed E-state index contributed by atoms with van der Waals surface area (Å²) < 4.78 is 7.26. The van der Waals surface area contributed by atoms with E-state index in [1.807, 2.05) is 37.4 Å². The summed E-state index contributed by atoms with van der Waals surface area (Å²) in [5.41, 5.74) is 4.59. The van der Waals surface area contributed by atoms with Crippen LogP contribution in [0.4, 0.5) is 5.69 Å². The summed E-state index contributed by atoms with van der Waals surface area (Å²) in [4.78, 5) is 26.6. The number of aryl methyl sites for hydroxylation is 1. The highest BCUT2D eigenvalue weighted by Gasteiger charge is 2.21. The molecule has 30 heavy (non-hydrogen) atoms. The van der Waals surface area contributed by atoms with Gasteiger partial charge in [0.1, 0.15) is 11.2 Å². The first-order valence-electron chi connectivity index (χ1n) is 10.3. The van der Waals surface area contributed by atoms with Gasteiger partial charge in [0.25, 0.3) is 5.56 Å². The van der Waals surface area contributed by atoms with Crippen molar-refractivity contribution in [2.75, 3.05) is 32.1 Å². The SMILES string of the molecule is Cc1nc2ccc(-c3cc(=O)n4cc(N5CCC(N(C)C)CC5)ccc4n3)cc2o1. The summed E-state index contributed by atoms with van der Waals surface area (Å²) in [5, 5.41) is 0. The normalized spacial score (nSPS) is 15.5. The summed E-state index contributed by atoms with van der Waals surface area (Å²) in [6.07, 6.45) is 4.16. The van der Waals surface area contributed by atoms with E-state index in [1.165, 1.54) is 0 Å². The second-order valence-corrected chi connectivity index (χ2v) is 8.19. The molecule has 7 heteroatoms. The minimum atomic E-state index is -0.0890. The fraction of sp³-hybridized carbons (Fsp3) is 0.348. The highest BCUT2D eigenvalue weighted by atomic mass is 16.3. The molecule has 0 N–H and O–H groups in total. The van der Waals surface area contributed by atoms with Gasteiger partial charge in [-0.2, -0.15) is 0 Å². The quantitative estimate of drug-likeness (QED) is 0.523. The lowest BCUT2D eigenvalue weighted by Gasteiger charge is -2.36. The second-order valence-electron chi connectivity index (χ2n) is 8.19. The van der Waals surface area contributed by atoms with Gasteiger partial charge in [-0.25, -0.2) is 9.97 Å². The molecular formula is C23H25N5O2. The fourth-order valence-corrected chi connectivity index (χ4v) is 4.27. The molecular weight excluding hydrogens is 378 g/mol. The van der Waals surface area contributed by atoms with E-state index in [-0.39, 0.29) is 5.56 Å². The largest absolute Gasteiger partial charge is 0.441 e. The average Bonchev–Trinajstić information content (AvgIpc) is 3.12. The Hall–Kier alpha value is -3.19. The molecule has 5 rings (SSSR count). The van der Waals surface area contributed by atoms with Gasteiger partial charge in [0.15, 0.2) is 11.5 Å². The minimum absolute atomic E-state index is 0.0890. The molecule has 0 spiro atoms. The Morgan fingerprint density at radius 1 is 1.07 bits per heavy atom. The summed E-state index contributed by atoms with van der Waals surface area (Å²) in [6.45, 7) is 3.80. The van der Waals surface area contributed by atoms with Crippen LogP contribution in [0.15, 0.2) is 51.8 Å². The predicted molar refractivity (Wildman–Crippen MR) is 118 cm³/mol. The maximum absolute atomic E-state index is 12.9. The first-order valence-corrected chi connectivity index (χ1v) is 10.3. The van der Waals surface area contributed by atoms with Crippen LogP contribution >= 0.6 is 0 Å².